The molecule has 0 bridgehead atoms. The molecule has 0 heterocycles. The van der Waals surface area contributed by atoms with Crippen molar-refractivity contribution in [3.8, 4) is 6.07 Å². The maximum Gasteiger partial charge on any atom is 0.0991 e. The zero-order valence-corrected chi connectivity index (χ0v) is 9.27. The smallest absolute Gasteiger partial charge is 0.0991 e. The molecule has 0 spiro atoms. The Morgan fingerprint density at radius 1 is 1.53 bits per heavy atom. The molecule has 0 aliphatic heterocycles. The summed E-state index contributed by atoms with van der Waals surface area (Å²) in [6.07, 6.45) is 0. The summed E-state index contributed by atoms with van der Waals surface area (Å²) in [7, 11) is 2.04. The third kappa shape index (κ3) is 3.05. The number of nitrogens with two attached hydrogens (primary N) is 1. The largest absolute Gasteiger partial charge is 0.329 e. The van der Waals surface area contributed by atoms with Gasteiger partial charge in [0.05, 0.1) is 11.6 Å². The van der Waals surface area contributed by atoms with Gasteiger partial charge in [0.2, 0.25) is 0 Å². The number of nitrogens with zero attached hydrogens (tertiary/aromatic N) is 2. The zero-order chi connectivity index (χ0) is 11.3. The highest BCUT2D eigenvalue weighted by atomic mass is 15.1. The second-order valence-corrected chi connectivity index (χ2v) is 3.68. The molecule has 1 aromatic rings. The molecule has 3 nitrogen and oxygen atoms in total. The van der Waals surface area contributed by atoms with Crippen LogP contribution in [0.15, 0.2) is 24.3 Å². The van der Waals surface area contributed by atoms with E-state index < -0.39 is 0 Å². The standard InChI is InChI=1S/C12H17N3/c1-10(15(2)7-6-13)12-5-3-4-11(8-12)9-14/h3-5,8,10H,6-7,13H2,1-2H3. The van der Waals surface area contributed by atoms with Gasteiger partial charge in [-0.05, 0) is 31.7 Å². The van der Waals surface area contributed by atoms with Gasteiger partial charge < -0.3 is 5.73 Å². The van der Waals surface area contributed by atoms with Gasteiger partial charge in [-0.3, -0.25) is 4.90 Å². The Bertz CT molecular complexity index is 354. The maximum absolute atomic E-state index is 8.80. The Balaban J connectivity index is 2.82. The van der Waals surface area contributed by atoms with E-state index in [-0.39, 0.29) is 0 Å². The van der Waals surface area contributed by atoms with E-state index in [0.717, 1.165) is 12.1 Å². The molecule has 0 saturated heterocycles. The van der Waals surface area contributed by atoms with Crippen molar-refractivity contribution < 1.29 is 0 Å². The summed E-state index contributed by atoms with van der Waals surface area (Å²) in [5, 5.41) is 8.80. The molecule has 1 rings (SSSR count). The lowest BCUT2D eigenvalue weighted by molar-refractivity contribution is 0.269. The fourth-order valence-electron chi connectivity index (χ4n) is 1.52. The minimum absolute atomic E-state index is 0.293. The molecule has 1 aromatic carbocycles. The van der Waals surface area contributed by atoms with E-state index in [1.54, 1.807) is 0 Å². The van der Waals surface area contributed by atoms with Crippen LogP contribution >= 0.6 is 0 Å². The van der Waals surface area contributed by atoms with Crippen LogP contribution in [-0.4, -0.2) is 25.0 Å². The van der Waals surface area contributed by atoms with Crippen LogP contribution in [0, 0.1) is 11.3 Å². The third-order valence-electron chi connectivity index (χ3n) is 2.64. The molecule has 80 valence electrons. The van der Waals surface area contributed by atoms with Crippen LogP contribution in [0.2, 0.25) is 0 Å². The van der Waals surface area contributed by atoms with E-state index >= 15 is 0 Å². The average molecular weight is 203 g/mol. The predicted octanol–water partition coefficient (Wildman–Crippen LogP) is 1.51. The van der Waals surface area contributed by atoms with Gasteiger partial charge in [0.1, 0.15) is 0 Å². The van der Waals surface area contributed by atoms with Crippen molar-refractivity contribution in [3.63, 3.8) is 0 Å². The van der Waals surface area contributed by atoms with Gasteiger partial charge in [-0.15, -0.1) is 0 Å². The fraction of sp³-hybridized carbons (Fsp3) is 0.417. The van der Waals surface area contributed by atoms with Crippen molar-refractivity contribution in [1.29, 1.82) is 5.26 Å². The van der Waals surface area contributed by atoms with Crippen molar-refractivity contribution in [2.75, 3.05) is 20.1 Å². The number of hydrogen-bond acceptors (Lipinski definition) is 3. The molecule has 0 saturated carbocycles. The normalized spacial score (nSPS) is 12.5. The third-order valence-corrected chi connectivity index (χ3v) is 2.64. The molecule has 3 heteroatoms. The second-order valence-electron chi connectivity index (χ2n) is 3.68. The molecular weight excluding hydrogens is 186 g/mol. The second kappa shape index (κ2) is 5.50. The van der Waals surface area contributed by atoms with E-state index in [0.29, 0.717) is 18.2 Å². The summed E-state index contributed by atoms with van der Waals surface area (Å²) >= 11 is 0. The summed E-state index contributed by atoms with van der Waals surface area (Å²) in [6.45, 7) is 3.63. The summed E-state index contributed by atoms with van der Waals surface area (Å²) in [5.74, 6) is 0. The van der Waals surface area contributed by atoms with Crippen molar-refractivity contribution >= 4 is 0 Å². The van der Waals surface area contributed by atoms with Gasteiger partial charge in [0.15, 0.2) is 0 Å². The first kappa shape index (κ1) is 11.7. The van der Waals surface area contributed by atoms with Crippen LogP contribution in [0.25, 0.3) is 0 Å². The lowest BCUT2D eigenvalue weighted by Gasteiger charge is -2.24. The molecule has 2 N–H and O–H groups in total. The van der Waals surface area contributed by atoms with E-state index in [9.17, 15) is 0 Å². The monoisotopic (exact) mass is 203 g/mol. The fourth-order valence-corrected chi connectivity index (χ4v) is 1.52. The number of benzene rings is 1. The first-order chi connectivity index (χ1) is 7.19. The molecule has 0 aliphatic carbocycles. The number of hydrogen-bond donors (Lipinski definition) is 1. The molecule has 1 atom stereocenters. The maximum atomic E-state index is 8.80. The van der Waals surface area contributed by atoms with Gasteiger partial charge in [0, 0.05) is 19.1 Å². The minimum Gasteiger partial charge on any atom is -0.329 e. The Labute approximate surface area is 91.1 Å². The van der Waals surface area contributed by atoms with Gasteiger partial charge >= 0.3 is 0 Å². The number of nitriles is 1. The molecule has 0 aliphatic rings. The lowest BCUT2D eigenvalue weighted by atomic mass is 10.0. The first-order valence-electron chi connectivity index (χ1n) is 5.09. The van der Waals surface area contributed by atoms with Crippen LogP contribution in [0.5, 0.6) is 0 Å². The Morgan fingerprint density at radius 2 is 2.27 bits per heavy atom. The van der Waals surface area contributed by atoms with Crippen LogP contribution in [-0.2, 0) is 0 Å². The van der Waals surface area contributed by atoms with Crippen LogP contribution in [0.4, 0.5) is 0 Å². The predicted molar refractivity (Wildman–Crippen MR) is 61.3 cm³/mol. The van der Waals surface area contributed by atoms with Crippen molar-refractivity contribution in [2.24, 2.45) is 5.73 Å². The molecule has 0 aromatic heterocycles. The topological polar surface area (TPSA) is 53.0 Å². The van der Waals surface area contributed by atoms with Gasteiger partial charge in [-0.2, -0.15) is 5.26 Å². The Kier molecular flexibility index (Phi) is 4.29. The van der Waals surface area contributed by atoms with E-state index in [1.165, 1.54) is 0 Å². The SMILES string of the molecule is CC(c1cccc(C#N)c1)N(C)CCN. The Hall–Kier alpha value is -1.37. The van der Waals surface area contributed by atoms with Gasteiger partial charge in [0.25, 0.3) is 0 Å². The van der Waals surface area contributed by atoms with E-state index in [2.05, 4.69) is 17.9 Å². The first-order valence-corrected chi connectivity index (χ1v) is 5.09. The highest BCUT2D eigenvalue weighted by Crippen LogP contribution is 2.18. The van der Waals surface area contributed by atoms with Gasteiger partial charge in [-0.1, -0.05) is 12.1 Å². The average Bonchev–Trinajstić information content (AvgIpc) is 2.28. The Morgan fingerprint density at radius 3 is 2.87 bits per heavy atom. The number of likely N-dealkylation sites (N-methyl/N-ethyl adjacent to an activating group) is 1. The zero-order valence-electron chi connectivity index (χ0n) is 9.27. The van der Waals surface area contributed by atoms with E-state index in [1.807, 2.05) is 31.3 Å². The molecule has 15 heavy (non-hydrogen) atoms. The molecule has 0 amide bonds. The summed E-state index contributed by atoms with van der Waals surface area (Å²) in [5.41, 5.74) is 7.37. The molecular formula is C12H17N3. The summed E-state index contributed by atoms with van der Waals surface area (Å²) < 4.78 is 0. The lowest BCUT2D eigenvalue weighted by Crippen LogP contribution is -2.28. The van der Waals surface area contributed by atoms with Crippen LogP contribution in [0.1, 0.15) is 24.1 Å². The van der Waals surface area contributed by atoms with Gasteiger partial charge in [-0.25, -0.2) is 0 Å². The molecule has 1 unspecified atom stereocenters. The van der Waals surface area contributed by atoms with Crippen LogP contribution < -0.4 is 5.73 Å². The van der Waals surface area contributed by atoms with E-state index in [4.69, 9.17) is 11.0 Å². The number of rotatable bonds is 4. The summed E-state index contributed by atoms with van der Waals surface area (Å²) in [4.78, 5) is 2.18. The van der Waals surface area contributed by atoms with Crippen LogP contribution in [0.3, 0.4) is 0 Å². The highest BCUT2D eigenvalue weighted by molar-refractivity contribution is 5.34. The quantitative estimate of drug-likeness (QED) is 0.807. The van der Waals surface area contributed by atoms with Crippen molar-refractivity contribution in [3.05, 3.63) is 35.4 Å². The molecule has 0 fully saturated rings. The van der Waals surface area contributed by atoms with Crippen molar-refractivity contribution in [2.45, 2.75) is 13.0 Å². The van der Waals surface area contributed by atoms with Crippen molar-refractivity contribution in [1.82, 2.24) is 4.90 Å². The minimum atomic E-state index is 0.293. The molecule has 0 radical (unpaired) electrons. The summed E-state index contributed by atoms with van der Waals surface area (Å²) in [6, 6.07) is 10.1. The highest BCUT2D eigenvalue weighted by Gasteiger charge is 2.10.